The zero-order valence-corrected chi connectivity index (χ0v) is 11.4. The van der Waals surface area contributed by atoms with E-state index in [-0.39, 0.29) is 5.91 Å². The Kier molecular flexibility index (Phi) is 3.74. The van der Waals surface area contributed by atoms with Gasteiger partial charge < -0.3 is 5.32 Å². The van der Waals surface area contributed by atoms with Crippen molar-refractivity contribution in [3.05, 3.63) is 84.7 Å². The number of anilines is 1. The average Bonchev–Trinajstić information content (AvgIpc) is 2.57. The molecule has 1 heterocycles. The Morgan fingerprint density at radius 3 is 2.10 bits per heavy atom. The van der Waals surface area contributed by atoms with Gasteiger partial charge in [0.1, 0.15) is 5.69 Å². The molecule has 3 rings (SSSR count). The predicted molar refractivity (Wildman–Crippen MR) is 84.1 cm³/mol. The van der Waals surface area contributed by atoms with Crippen molar-refractivity contribution in [2.45, 2.75) is 0 Å². The van der Waals surface area contributed by atoms with Crippen LogP contribution in [0.25, 0.3) is 11.1 Å². The van der Waals surface area contributed by atoms with Crippen LogP contribution in [0.15, 0.2) is 79.0 Å². The highest BCUT2D eigenvalue weighted by Gasteiger charge is 2.06. The molecule has 2 aromatic carbocycles. The lowest BCUT2D eigenvalue weighted by molar-refractivity contribution is 0.102. The molecular formula is C18H14N2O. The van der Waals surface area contributed by atoms with Gasteiger partial charge in [-0.15, -0.1) is 0 Å². The second-order valence-corrected chi connectivity index (χ2v) is 4.61. The van der Waals surface area contributed by atoms with Crippen LogP contribution in [0.4, 0.5) is 5.69 Å². The number of amides is 1. The normalized spacial score (nSPS) is 10.1. The molecule has 0 unspecified atom stereocenters. The highest BCUT2D eigenvalue weighted by atomic mass is 16.1. The van der Waals surface area contributed by atoms with Gasteiger partial charge >= 0.3 is 0 Å². The summed E-state index contributed by atoms with van der Waals surface area (Å²) in [5, 5.41) is 2.84. The van der Waals surface area contributed by atoms with Crippen LogP contribution in [-0.2, 0) is 0 Å². The lowest BCUT2D eigenvalue weighted by Gasteiger charge is -2.06. The van der Waals surface area contributed by atoms with E-state index >= 15 is 0 Å². The quantitative estimate of drug-likeness (QED) is 0.784. The summed E-state index contributed by atoms with van der Waals surface area (Å²) in [5.41, 5.74) is 3.43. The Morgan fingerprint density at radius 1 is 0.762 bits per heavy atom. The van der Waals surface area contributed by atoms with Crippen LogP contribution in [-0.4, -0.2) is 10.9 Å². The second kappa shape index (κ2) is 6.01. The first-order valence-electron chi connectivity index (χ1n) is 6.71. The zero-order valence-electron chi connectivity index (χ0n) is 11.4. The number of hydrogen-bond donors (Lipinski definition) is 1. The van der Waals surface area contributed by atoms with Crippen molar-refractivity contribution in [2.24, 2.45) is 0 Å². The summed E-state index contributed by atoms with van der Waals surface area (Å²) in [5.74, 6) is -0.205. The van der Waals surface area contributed by atoms with Gasteiger partial charge in [-0.1, -0.05) is 48.5 Å². The summed E-state index contributed by atoms with van der Waals surface area (Å²) in [4.78, 5) is 16.0. The van der Waals surface area contributed by atoms with Gasteiger partial charge in [-0.05, 0) is 35.4 Å². The monoisotopic (exact) mass is 274 g/mol. The van der Waals surface area contributed by atoms with Crippen molar-refractivity contribution in [2.75, 3.05) is 5.32 Å². The molecule has 0 aliphatic rings. The fraction of sp³-hybridized carbons (Fsp3) is 0. The Labute approximate surface area is 123 Å². The van der Waals surface area contributed by atoms with Crippen molar-refractivity contribution in [3.63, 3.8) is 0 Å². The lowest BCUT2D eigenvalue weighted by atomic mass is 10.1. The molecule has 0 atom stereocenters. The van der Waals surface area contributed by atoms with Crippen LogP contribution >= 0.6 is 0 Å². The first-order valence-corrected chi connectivity index (χ1v) is 6.71. The first kappa shape index (κ1) is 13.1. The summed E-state index contributed by atoms with van der Waals surface area (Å²) in [7, 11) is 0. The summed E-state index contributed by atoms with van der Waals surface area (Å²) < 4.78 is 0. The van der Waals surface area contributed by atoms with Gasteiger partial charge in [0.2, 0.25) is 0 Å². The Hall–Kier alpha value is -2.94. The van der Waals surface area contributed by atoms with E-state index in [2.05, 4.69) is 22.4 Å². The van der Waals surface area contributed by atoms with Gasteiger partial charge in [-0.25, -0.2) is 0 Å². The van der Waals surface area contributed by atoms with Crippen molar-refractivity contribution >= 4 is 11.6 Å². The Balaban J connectivity index is 1.75. The van der Waals surface area contributed by atoms with E-state index in [1.54, 1.807) is 24.4 Å². The minimum atomic E-state index is -0.205. The molecule has 3 aromatic rings. The molecule has 1 N–H and O–H groups in total. The van der Waals surface area contributed by atoms with Crippen molar-refractivity contribution < 1.29 is 4.79 Å². The van der Waals surface area contributed by atoms with Crippen LogP contribution in [0.2, 0.25) is 0 Å². The number of aromatic nitrogens is 1. The number of pyridine rings is 1. The van der Waals surface area contributed by atoms with Gasteiger partial charge in [0.05, 0.1) is 0 Å². The van der Waals surface area contributed by atoms with E-state index in [0.29, 0.717) is 5.69 Å². The summed E-state index contributed by atoms with van der Waals surface area (Å²) in [6.07, 6.45) is 1.60. The molecule has 21 heavy (non-hydrogen) atoms. The number of nitrogens with zero attached hydrogens (tertiary/aromatic N) is 1. The fourth-order valence-corrected chi connectivity index (χ4v) is 2.07. The van der Waals surface area contributed by atoms with Crippen molar-refractivity contribution in [3.8, 4) is 11.1 Å². The number of nitrogens with one attached hydrogen (secondary N) is 1. The van der Waals surface area contributed by atoms with E-state index in [0.717, 1.165) is 16.8 Å². The maximum absolute atomic E-state index is 12.0. The van der Waals surface area contributed by atoms with Crippen LogP contribution < -0.4 is 5.32 Å². The highest BCUT2D eigenvalue weighted by molar-refractivity contribution is 6.02. The van der Waals surface area contributed by atoms with E-state index < -0.39 is 0 Å². The highest BCUT2D eigenvalue weighted by Crippen LogP contribution is 2.21. The number of carbonyl (C=O) groups is 1. The number of hydrogen-bond acceptors (Lipinski definition) is 2. The topological polar surface area (TPSA) is 42.0 Å². The van der Waals surface area contributed by atoms with Crippen LogP contribution in [0.5, 0.6) is 0 Å². The Bertz CT molecular complexity index is 722. The third-order valence-electron chi connectivity index (χ3n) is 3.15. The molecule has 102 valence electrons. The summed E-state index contributed by atoms with van der Waals surface area (Å²) in [6, 6.07) is 23.1. The van der Waals surface area contributed by atoms with E-state index in [9.17, 15) is 4.79 Å². The maximum Gasteiger partial charge on any atom is 0.274 e. The van der Waals surface area contributed by atoms with Crippen molar-refractivity contribution in [1.29, 1.82) is 0 Å². The molecule has 3 heteroatoms. The molecule has 1 aromatic heterocycles. The Morgan fingerprint density at radius 2 is 1.43 bits per heavy atom. The maximum atomic E-state index is 12.0. The van der Waals surface area contributed by atoms with Crippen LogP contribution in [0.1, 0.15) is 10.5 Å². The molecule has 0 saturated heterocycles. The fourth-order valence-electron chi connectivity index (χ4n) is 2.07. The molecule has 0 saturated carbocycles. The van der Waals surface area contributed by atoms with E-state index in [1.807, 2.05) is 42.5 Å². The minimum absolute atomic E-state index is 0.205. The molecule has 0 radical (unpaired) electrons. The second-order valence-electron chi connectivity index (χ2n) is 4.61. The number of rotatable bonds is 3. The van der Waals surface area contributed by atoms with Crippen LogP contribution in [0, 0.1) is 0 Å². The summed E-state index contributed by atoms with van der Waals surface area (Å²) >= 11 is 0. The lowest BCUT2D eigenvalue weighted by Crippen LogP contribution is -2.13. The average molecular weight is 274 g/mol. The number of benzene rings is 2. The number of carbonyl (C=O) groups excluding carboxylic acids is 1. The van der Waals surface area contributed by atoms with Gasteiger partial charge in [0, 0.05) is 11.9 Å². The van der Waals surface area contributed by atoms with Gasteiger partial charge in [-0.2, -0.15) is 0 Å². The van der Waals surface area contributed by atoms with Gasteiger partial charge in [-0.3, -0.25) is 9.78 Å². The predicted octanol–water partition coefficient (Wildman–Crippen LogP) is 4.00. The standard InChI is InChI=1S/C18H14N2O/c21-18(17-8-4-5-13-19-17)20-16-11-9-15(10-12-16)14-6-2-1-3-7-14/h1-13H,(H,20,21). The molecule has 0 spiro atoms. The molecule has 0 fully saturated rings. The molecule has 3 nitrogen and oxygen atoms in total. The zero-order chi connectivity index (χ0) is 14.5. The smallest absolute Gasteiger partial charge is 0.274 e. The largest absolute Gasteiger partial charge is 0.321 e. The van der Waals surface area contributed by atoms with E-state index in [1.165, 1.54) is 0 Å². The molecule has 1 amide bonds. The third kappa shape index (κ3) is 3.15. The third-order valence-corrected chi connectivity index (χ3v) is 3.15. The van der Waals surface area contributed by atoms with Crippen molar-refractivity contribution in [1.82, 2.24) is 4.98 Å². The SMILES string of the molecule is O=C(Nc1ccc(-c2ccccc2)cc1)c1ccccn1. The van der Waals surface area contributed by atoms with Crippen LogP contribution in [0.3, 0.4) is 0 Å². The van der Waals surface area contributed by atoms with E-state index in [4.69, 9.17) is 0 Å². The molecular weight excluding hydrogens is 260 g/mol. The molecule has 0 bridgehead atoms. The van der Waals surface area contributed by atoms with Gasteiger partial charge in [0.25, 0.3) is 5.91 Å². The van der Waals surface area contributed by atoms with Gasteiger partial charge in [0.15, 0.2) is 0 Å². The summed E-state index contributed by atoms with van der Waals surface area (Å²) in [6.45, 7) is 0. The molecule has 0 aliphatic heterocycles. The minimum Gasteiger partial charge on any atom is -0.321 e. The molecule has 0 aliphatic carbocycles. The first-order chi connectivity index (χ1) is 10.3.